The number of carbonyl (C=O) groups excluding carboxylic acids is 2. The number of methoxy groups -OCH3 is 2. The van der Waals surface area contributed by atoms with Gasteiger partial charge in [0.25, 0.3) is 5.91 Å². The largest absolute Gasteiger partial charge is 0.497 e. The van der Waals surface area contributed by atoms with Crippen molar-refractivity contribution in [3.8, 4) is 11.5 Å². The fourth-order valence-corrected chi connectivity index (χ4v) is 3.92. The molecule has 1 heterocycles. The van der Waals surface area contributed by atoms with Crippen LogP contribution in [0.1, 0.15) is 24.4 Å². The summed E-state index contributed by atoms with van der Waals surface area (Å²) >= 11 is 0. The van der Waals surface area contributed by atoms with Crippen molar-refractivity contribution in [2.45, 2.75) is 18.9 Å². The van der Waals surface area contributed by atoms with Crippen LogP contribution in [0.25, 0.3) is 0 Å². The number of nitrogens with one attached hydrogen (secondary N) is 2. The number of hydrogen-bond acceptors (Lipinski definition) is 5. The molecule has 3 aromatic carbocycles. The van der Waals surface area contributed by atoms with Crippen LogP contribution >= 0.6 is 0 Å². The van der Waals surface area contributed by atoms with Gasteiger partial charge in [-0.05, 0) is 36.2 Å². The number of ether oxygens (including phenoxy) is 2. The van der Waals surface area contributed by atoms with Crippen LogP contribution in [0.15, 0.2) is 72.8 Å². The summed E-state index contributed by atoms with van der Waals surface area (Å²) in [4.78, 5) is 27.2. The first kappa shape index (κ1) is 22.2. The molecule has 33 heavy (non-hydrogen) atoms. The summed E-state index contributed by atoms with van der Waals surface area (Å²) in [5.74, 6) is 1.12. The number of amides is 2. The van der Waals surface area contributed by atoms with Crippen LogP contribution in [0.2, 0.25) is 0 Å². The number of carbonyl (C=O) groups is 2. The lowest BCUT2D eigenvalue weighted by Gasteiger charge is -2.23. The third-order valence-corrected chi connectivity index (χ3v) is 5.59. The maximum Gasteiger partial charge on any atom is 0.251 e. The lowest BCUT2D eigenvalue weighted by atomic mass is 10.1. The molecule has 1 aliphatic rings. The van der Waals surface area contributed by atoms with E-state index in [0.29, 0.717) is 35.8 Å². The number of anilines is 3. The zero-order chi connectivity index (χ0) is 23.2. The van der Waals surface area contributed by atoms with Gasteiger partial charge in [0.05, 0.1) is 19.9 Å². The average Bonchev–Trinajstić information content (AvgIpc) is 3.28. The Balaban J connectivity index is 1.60. The minimum Gasteiger partial charge on any atom is -0.497 e. The van der Waals surface area contributed by atoms with Gasteiger partial charge >= 0.3 is 0 Å². The van der Waals surface area contributed by atoms with Gasteiger partial charge in [0.2, 0.25) is 5.91 Å². The van der Waals surface area contributed by atoms with E-state index in [1.165, 1.54) is 0 Å². The van der Waals surface area contributed by atoms with Crippen molar-refractivity contribution in [3.05, 3.63) is 78.4 Å². The van der Waals surface area contributed by atoms with Gasteiger partial charge in [-0.1, -0.05) is 36.4 Å². The molecule has 3 aromatic rings. The maximum absolute atomic E-state index is 13.3. The van der Waals surface area contributed by atoms with E-state index < -0.39 is 6.04 Å². The highest BCUT2D eigenvalue weighted by Crippen LogP contribution is 2.35. The van der Waals surface area contributed by atoms with Gasteiger partial charge in [-0.15, -0.1) is 0 Å². The van der Waals surface area contributed by atoms with Crippen LogP contribution in [0.3, 0.4) is 0 Å². The van der Waals surface area contributed by atoms with Gasteiger partial charge in [0.15, 0.2) is 0 Å². The summed E-state index contributed by atoms with van der Waals surface area (Å²) in [6.45, 7) is 0.678. The van der Waals surface area contributed by atoms with E-state index in [1.54, 1.807) is 25.2 Å². The lowest BCUT2D eigenvalue weighted by Crippen LogP contribution is -2.27. The third-order valence-electron chi connectivity index (χ3n) is 5.59. The maximum atomic E-state index is 13.3. The molecule has 4 rings (SSSR count). The average molecular weight is 446 g/mol. The summed E-state index contributed by atoms with van der Waals surface area (Å²) in [7, 11) is 3.16. The molecule has 170 valence electrons. The fraction of sp³-hybridized carbons (Fsp3) is 0.231. The van der Waals surface area contributed by atoms with Crippen molar-refractivity contribution in [3.63, 3.8) is 0 Å². The highest BCUT2D eigenvalue weighted by molar-refractivity contribution is 5.98. The van der Waals surface area contributed by atoms with Gasteiger partial charge in [-0.25, -0.2) is 0 Å². The Kier molecular flexibility index (Phi) is 6.78. The van der Waals surface area contributed by atoms with E-state index in [0.717, 1.165) is 17.7 Å². The molecule has 2 amide bonds. The van der Waals surface area contributed by atoms with Crippen LogP contribution in [-0.2, 0) is 9.59 Å². The Bertz CT molecular complexity index is 1130. The molecule has 0 aliphatic carbocycles. The zero-order valence-corrected chi connectivity index (χ0v) is 18.7. The predicted molar refractivity (Wildman–Crippen MR) is 129 cm³/mol. The number of hydrogen-bond donors (Lipinski definition) is 2. The lowest BCUT2D eigenvalue weighted by molar-refractivity contribution is -0.117. The molecule has 2 N–H and O–H groups in total. The first-order valence-corrected chi connectivity index (χ1v) is 10.8. The second-order valence-electron chi connectivity index (χ2n) is 7.74. The number of nitrogens with zero attached hydrogens (tertiary/aromatic N) is 1. The summed E-state index contributed by atoms with van der Waals surface area (Å²) in [5.41, 5.74) is 2.90. The molecule has 1 fully saturated rings. The Morgan fingerprint density at radius 3 is 2.45 bits per heavy atom. The minimum absolute atomic E-state index is 0.0915. The molecule has 7 nitrogen and oxygen atoms in total. The van der Waals surface area contributed by atoms with E-state index in [1.807, 2.05) is 66.7 Å². The molecule has 7 heteroatoms. The molecule has 1 aliphatic heterocycles. The molecule has 0 saturated carbocycles. The van der Waals surface area contributed by atoms with Gasteiger partial charge < -0.3 is 25.0 Å². The van der Waals surface area contributed by atoms with E-state index in [9.17, 15) is 9.59 Å². The molecule has 1 atom stereocenters. The molecular weight excluding hydrogens is 418 g/mol. The summed E-state index contributed by atoms with van der Waals surface area (Å²) in [6, 6.07) is 21.6. The Hall–Kier alpha value is -4.00. The molecule has 0 unspecified atom stereocenters. The molecule has 0 bridgehead atoms. The quantitative estimate of drug-likeness (QED) is 0.529. The van der Waals surface area contributed by atoms with Crippen LogP contribution in [-0.4, -0.2) is 32.6 Å². The molecular formula is C26H27N3O4. The third kappa shape index (κ3) is 5.09. The molecule has 0 radical (unpaired) electrons. The van der Waals surface area contributed by atoms with E-state index in [-0.39, 0.29) is 11.8 Å². The number of rotatable bonds is 8. The minimum atomic E-state index is -0.652. The summed E-state index contributed by atoms with van der Waals surface area (Å²) in [6.07, 6.45) is 1.38. The van der Waals surface area contributed by atoms with Crippen molar-refractivity contribution in [1.82, 2.24) is 0 Å². The first-order chi connectivity index (χ1) is 16.1. The summed E-state index contributed by atoms with van der Waals surface area (Å²) < 4.78 is 10.8. The monoisotopic (exact) mass is 445 g/mol. The van der Waals surface area contributed by atoms with Gasteiger partial charge in [0.1, 0.15) is 17.5 Å². The smallest absolute Gasteiger partial charge is 0.251 e. The predicted octanol–water partition coefficient (Wildman–Crippen LogP) is 4.62. The van der Waals surface area contributed by atoms with E-state index in [4.69, 9.17) is 9.47 Å². The Morgan fingerprint density at radius 2 is 1.76 bits per heavy atom. The summed E-state index contributed by atoms with van der Waals surface area (Å²) in [5, 5.41) is 6.28. The molecule has 0 aromatic heterocycles. The highest BCUT2D eigenvalue weighted by atomic mass is 16.5. The highest BCUT2D eigenvalue weighted by Gasteiger charge is 2.26. The van der Waals surface area contributed by atoms with Crippen LogP contribution in [0, 0.1) is 0 Å². The van der Waals surface area contributed by atoms with Crippen LogP contribution in [0.5, 0.6) is 11.5 Å². The standard InChI is InChI=1S/C26H27N3O4/c1-32-21-11-6-10-19(16-21)28-26(31)25(18-8-4-3-5-9-18)27-20-13-14-22(23(17-20)33-2)29-15-7-12-24(29)30/h3-6,8-11,13-14,16-17,25,27H,7,12,15H2,1-2H3,(H,28,31)/t25-/m0/s1. The Labute approximate surface area is 193 Å². The normalized spacial score (nSPS) is 14.0. The second kappa shape index (κ2) is 10.1. The SMILES string of the molecule is COc1cccc(NC(=O)[C@@H](Nc2ccc(N3CCCC3=O)c(OC)c2)c2ccccc2)c1. The van der Waals surface area contributed by atoms with Crippen molar-refractivity contribution >= 4 is 28.9 Å². The van der Waals surface area contributed by atoms with E-state index >= 15 is 0 Å². The topological polar surface area (TPSA) is 79.9 Å². The van der Waals surface area contributed by atoms with Crippen LogP contribution in [0.4, 0.5) is 17.1 Å². The van der Waals surface area contributed by atoms with Crippen LogP contribution < -0.4 is 25.0 Å². The van der Waals surface area contributed by atoms with Gasteiger partial charge in [-0.3, -0.25) is 9.59 Å². The first-order valence-electron chi connectivity index (χ1n) is 10.8. The molecule has 1 saturated heterocycles. The van der Waals surface area contributed by atoms with Crippen molar-refractivity contribution in [1.29, 1.82) is 0 Å². The van der Waals surface area contributed by atoms with Crippen molar-refractivity contribution < 1.29 is 19.1 Å². The zero-order valence-electron chi connectivity index (χ0n) is 18.7. The van der Waals surface area contributed by atoms with Gasteiger partial charge in [0, 0.05) is 36.5 Å². The number of benzene rings is 3. The second-order valence-corrected chi connectivity index (χ2v) is 7.74. The van der Waals surface area contributed by atoms with Crippen molar-refractivity contribution in [2.24, 2.45) is 0 Å². The Morgan fingerprint density at radius 1 is 0.939 bits per heavy atom. The molecule has 0 spiro atoms. The van der Waals surface area contributed by atoms with Crippen molar-refractivity contribution in [2.75, 3.05) is 36.3 Å². The van der Waals surface area contributed by atoms with Gasteiger partial charge in [-0.2, -0.15) is 0 Å². The van der Waals surface area contributed by atoms with E-state index in [2.05, 4.69) is 10.6 Å². The fourth-order valence-electron chi connectivity index (χ4n) is 3.92.